The highest BCUT2D eigenvalue weighted by Gasteiger charge is 2.34. The van der Waals surface area contributed by atoms with Crippen LogP contribution in [-0.4, -0.2) is 53.8 Å². The highest BCUT2D eigenvalue weighted by Crippen LogP contribution is 2.48. The Balaban J connectivity index is 1.51. The summed E-state index contributed by atoms with van der Waals surface area (Å²) in [4.78, 5) is 26.4. The first kappa shape index (κ1) is 32.2. The van der Waals surface area contributed by atoms with Crippen LogP contribution in [0.5, 0.6) is 5.75 Å². The van der Waals surface area contributed by atoms with Gasteiger partial charge < -0.3 is 14.4 Å². The number of allylic oxidation sites excluding steroid dienone is 1. The fraction of sp³-hybridized carbons (Fsp3) is 0.421. The van der Waals surface area contributed by atoms with Crippen molar-refractivity contribution in [2.75, 3.05) is 7.11 Å². The van der Waals surface area contributed by atoms with Crippen LogP contribution in [0, 0.1) is 6.92 Å². The third kappa shape index (κ3) is 5.44. The molecule has 2 aromatic heterocycles. The molecular weight excluding hydrogens is 625 g/mol. The first-order valence-corrected chi connectivity index (χ1v) is 18.8. The second-order valence-corrected chi connectivity index (χ2v) is 16.5. The SMILES string of the molecule is C=S(=O)(NC(=O)c1ccc2c(C3CCCCC3)c3n(c2c1)CC(c1c(C(=O)O)c(C)nn1C1CCC1)=Cc1cc(OC)ccc1-3)C(C)C. The molecule has 48 heavy (non-hydrogen) atoms. The molecule has 4 aromatic rings. The molecule has 0 radical (unpaired) electrons. The van der Waals surface area contributed by atoms with Crippen molar-refractivity contribution in [1.29, 1.82) is 0 Å². The molecule has 2 saturated carbocycles. The summed E-state index contributed by atoms with van der Waals surface area (Å²) in [5, 5.41) is 16.1. The van der Waals surface area contributed by atoms with E-state index in [1.807, 2.05) is 35.0 Å². The molecule has 2 fully saturated rings. The van der Waals surface area contributed by atoms with Crippen LogP contribution < -0.4 is 9.46 Å². The maximum Gasteiger partial charge on any atom is 0.339 e. The summed E-state index contributed by atoms with van der Waals surface area (Å²) in [7, 11) is -1.18. The van der Waals surface area contributed by atoms with Crippen LogP contribution in [-0.2, 0) is 16.3 Å². The number of aromatic nitrogens is 3. The Hall–Kier alpha value is -4.31. The van der Waals surface area contributed by atoms with Crippen molar-refractivity contribution in [2.45, 2.75) is 95.9 Å². The van der Waals surface area contributed by atoms with E-state index < -0.39 is 21.6 Å². The molecule has 0 spiro atoms. The molecule has 0 bridgehead atoms. The smallest absolute Gasteiger partial charge is 0.339 e. The van der Waals surface area contributed by atoms with Crippen LogP contribution >= 0.6 is 0 Å². The average molecular weight is 669 g/mol. The topological polar surface area (TPSA) is 115 Å². The van der Waals surface area contributed by atoms with E-state index in [0.717, 1.165) is 84.0 Å². The quantitative estimate of drug-likeness (QED) is 0.187. The number of rotatable bonds is 8. The molecule has 1 atom stereocenters. The summed E-state index contributed by atoms with van der Waals surface area (Å²) in [6, 6.07) is 12.0. The summed E-state index contributed by atoms with van der Waals surface area (Å²) >= 11 is 0. The number of methoxy groups -OCH3 is 1. The van der Waals surface area contributed by atoms with E-state index in [9.17, 15) is 18.9 Å². The van der Waals surface area contributed by atoms with Gasteiger partial charge in [0.2, 0.25) is 0 Å². The highest BCUT2D eigenvalue weighted by molar-refractivity contribution is 7.99. The van der Waals surface area contributed by atoms with Gasteiger partial charge in [-0.05, 0) is 118 Å². The lowest BCUT2D eigenvalue weighted by Crippen LogP contribution is -2.35. The normalized spacial score (nSPS) is 18.0. The molecule has 252 valence electrons. The number of carboxylic acid groups (broad SMARTS) is 1. The molecular formula is C38H44N4O5S. The molecule has 10 heteroatoms. The zero-order valence-corrected chi connectivity index (χ0v) is 29.0. The third-order valence-corrected chi connectivity index (χ3v) is 12.7. The van der Waals surface area contributed by atoms with E-state index in [1.165, 1.54) is 12.0 Å². The molecule has 1 unspecified atom stereocenters. The zero-order chi connectivity index (χ0) is 33.9. The van der Waals surface area contributed by atoms with Crippen molar-refractivity contribution in [2.24, 2.45) is 0 Å². The highest BCUT2D eigenvalue weighted by atomic mass is 32.2. The van der Waals surface area contributed by atoms with Gasteiger partial charge in [-0.2, -0.15) is 5.10 Å². The Morgan fingerprint density at radius 2 is 1.79 bits per heavy atom. The summed E-state index contributed by atoms with van der Waals surface area (Å²) in [6.07, 6.45) is 10.8. The number of nitrogens with zero attached hydrogens (tertiary/aromatic N) is 3. The fourth-order valence-corrected chi connectivity index (χ4v) is 8.33. The van der Waals surface area contributed by atoms with E-state index in [4.69, 9.17) is 9.84 Å². The summed E-state index contributed by atoms with van der Waals surface area (Å²) in [5.41, 5.74) is 7.84. The van der Waals surface area contributed by atoms with Crippen molar-refractivity contribution in [3.63, 3.8) is 0 Å². The van der Waals surface area contributed by atoms with E-state index >= 15 is 0 Å². The van der Waals surface area contributed by atoms with Crippen LogP contribution in [0.25, 0.3) is 33.8 Å². The summed E-state index contributed by atoms with van der Waals surface area (Å²) < 4.78 is 25.7. The number of hydrogen-bond acceptors (Lipinski definition) is 5. The van der Waals surface area contributed by atoms with Gasteiger partial charge in [0.15, 0.2) is 0 Å². The molecule has 2 aliphatic carbocycles. The molecule has 7 rings (SSSR count). The van der Waals surface area contributed by atoms with Gasteiger partial charge in [-0.1, -0.05) is 25.3 Å². The lowest BCUT2D eigenvalue weighted by molar-refractivity contribution is 0.0695. The number of amides is 1. The first-order chi connectivity index (χ1) is 23.0. The maximum absolute atomic E-state index is 13.5. The van der Waals surface area contributed by atoms with E-state index in [0.29, 0.717) is 29.4 Å². The van der Waals surface area contributed by atoms with Gasteiger partial charge in [0.1, 0.15) is 11.3 Å². The van der Waals surface area contributed by atoms with Crippen LogP contribution in [0.3, 0.4) is 0 Å². The molecule has 9 nitrogen and oxygen atoms in total. The molecule has 1 aliphatic heterocycles. The monoisotopic (exact) mass is 668 g/mol. The van der Waals surface area contributed by atoms with Crippen LogP contribution in [0.15, 0.2) is 36.4 Å². The number of hydrogen-bond donors (Lipinski definition) is 2. The molecule has 1 amide bonds. The first-order valence-electron chi connectivity index (χ1n) is 17.0. The number of aryl methyl sites for hydroxylation is 1. The number of fused-ring (bicyclic) bond motifs is 5. The van der Waals surface area contributed by atoms with Crippen LogP contribution in [0.1, 0.15) is 120 Å². The summed E-state index contributed by atoms with van der Waals surface area (Å²) in [5.74, 6) is 3.44. The van der Waals surface area contributed by atoms with Crippen molar-refractivity contribution in [1.82, 2.24) is 19.1 Å². The standard InChI is InChI=1S/C38H44N4O5S/c1-22(2)48(5,46)40-37(43)25-14-16-31-32(20-25)41-21-27(35-33(38(44)45)23(3)39-42(35)28-12-9-13-28)18-26-19-29(47-4)15-17-30(26)36(41)34(31)24-10-7-6-8-11-24/h14-20,22,24,28H,5-13,21H2,1-4H3,(H,44,45)(H,40,43,46). The average Bonchev–Trinajstić information content (AvgIpc) is 3.47. The number of ether oxygens (including phenoxy) is 1. The maximum atomic E-state index is 13.5. The van der Waals surface area contributed by atoms with Gasteiger partial charge in [-0.25, -0.2) is 9.00 Å². The van der Waals surface area contributed by atoms with Gasteiger partial charge >= 0.3 is 5.97 Å². The predicted molar refractivity (Wildman–Crippen MR) is 192 cm³/mol. The molecule has 2 N–H and O–H groups in total. The Labute approximate surface area is 282 Å². The van der Waals surface area contributed by atoms with Crippen molar-refractivity contribution in [3.8, 4) is 17.0 Å². The lowest BCUT2D eigenvalue weighted by Gasteiger charge is -2.28. The largest absolute Gasteiger partial charge is 0.497 e. The number of carbonyl (C=O) groups is 2. The van der Waals surface area contributed by atoms with Gasteiger partial charge in [-0.15, -0.1) is 0 Å². The summed E-state index contributed by atoms with van der Waals surface area (Å²) in [6.45, 7) is 5.72. The van der Waals surface area contributed by atoms with Gasteiger partial charge in [0, 0.05) is 27.3 Å². The number of carbonyl (C=O) groups excluding carboxylic acids is 1. The number of nitrogens with one attached hydrogen (secondary N) is 1. The number of carboxylic acids is 1. The molecule has 3 heterocycles. The van der Waals surface area contributed by atoms with Gasteiger partial charge in [-0.3, -0.25) is 14.2 Å². The van der Waals surface area contributed by atoms with Gasteiger partial charge in [0.25, 0.3) is 5.91 Å². The Morgan fingerprint density at radius 1 is 1.04 bits per heavy atom. The van der Waals surface area contributed by atoms with E-state index in [1.54, 1.807) is 27.9 Å². The van der Waals surface area contributed by atoms with Crippen molar-refractivity contribution in [3.05, 3.63) is 70.0 Å². The second kappa shape index (κ2) is 12.3. The molecule has 2 aromatic carbocycles. The Kier molecular flexibility index (Phi) is 8.26. The predicted octanol–water partition coefficient (Wildman–Crippen LogP) is 7.62. The molecule has 3 aliphatic rings. The zero-order valence-electron chi connectivity index (χ0n) is 28.2. The minimum absolute atomic E-state index is 0.146. The lowest BCUT2D eigenvalue weighted by atomic mass is 9.81. The van der Waals surface area contributed by atoms with Gasteiger partial charge in [0.05, 0.1) is 46.5 Å². The van der Waals surface area contributed by atoms with Crippen LogP contribution in [0.2, 0.25) is 0 Å². The second-order valence-electron chi connectivity index (χ2n) is 13.9. The van der Waals surface area contributed by atoms with Crippen molar-refractivity contribution < 1.29 is 23.6 Å². The van der Waals surface area contributed by atoms with E-state index in [2.05, 4.69) is 27.3 Å². The Bertz CT molecular complexity index is 2090. The third-order valence-electron chi connectivity index (χ3n) is 10.6. The number of benzene rings is 2. The molecule has 0 saturated heterocycles. The minimum atomic E-state index is -2.84. The van der Waals surface area contributed by atoms with Crippen LogP contribution in [0.4, 0.5) is 0 Å². The fourth-order valence-electron chi connectivity index (χ4n) is 7.67. The number of aromatic carboxylic acids is 1. The Morgan fingerprint density at radius 3 is 2.44 bits per heavy atom. The van der Waals surface area contributed by atoms with E-state index in [-0.39, 0.29) is 16.9 Å². The minimum Gasteiger partial charge on any atom is -0.497 e. The van der Waals surface area contributed by atoms with Crippen molar-refractivity contribution >= 4 is 50.0 Å².